The van der Waals surface area contributed by atoms with E-state index < -0.39 is 0 Å². The van der Waals surface area contributed by atoms with Crippen LogP contribution >= 0.6 is 0 Å². The largest absolute Gasteiger partial charge is 0.345 e. The molecular formula is C14H16N4O. The molecule has 3 rings (SSSR count). The minimum absolute atomic E-state index is 0.0480. The third-order valence-corrected chi connectivity index (χ3v) is 3.34. The molecule has 5 nitrogen and oxygen atoms in total. The summed E-state index contributed by atoms with van der Waals surface area (Å²) in [5.41, 5.74) is 2.84. The van der Waals surface area contributed by atoms with E-state index in [1.165, 1.54) is 0 Å². The number of anilines is 1. The Morgan fingerprint density at radius 2 is 2.16 bits per heavy atom. The molecule has 1 aliphatic heterocycles. The van der Waals surface area contributed by atoms with Gasteiger partial charge in [0.05, 0.1) is 24.3 Å². The highest BCUT2D eigenvalue weighted by molar-refractivity contribution is 5.95. The maximum atomic E-state index is 11.9. The second kappa shape index (κ2) is 5.24. The summed E-state index contributed by atoms with van der Waals surface area (Å²) in [4.78, 5) is 19.0. The first-order valence-electron chi connectivity index (χ1n) is 6.46. The second-order valence-electron chi connectivity index (χ2n) is 4.68. The van der Waals surface area contributed by atoms with E-state index in [1.54, 1.807) is 12.5 Å². The zero-order valence-corrected chi connectivity index (χ0v) is 10.5. The number of H-pyrrole nitrogens is 1. The quantitative estimate of drug-likeness (QED) is 0.783. The Balaban J connectivity index is 1.67. The summed E-state index contributed by atoms with van der Waals surface area (Å²) < 4.78 is 0. The number of nitrogens with zero attached hydrogens (tertiary/aromatic N) is 1. The Labute approximate surface area is 111 Å². The number of carbonyl (C=O) groups excluding carboxylic acids is 1. The molecule has 0 spiro atoms. The van der Waals surface area contributed by atoms with Gasteiger partial charge in [-0.1, -0.05) is 12.1 Å². The molecule has 1 atom stereocenters. The second-order valence-corrected chi connectivity index (χ2v) is 4.68. The number of benzene rings is 1. The molecule has 5 heteroatoms. The van der Waals surface area contributed by atoms with Gasteiger partial charge in [0, 0.05) is 5.69 Å². The maximum absolute atomic E-state index is 11.9. The molecular weight excluding hydrogens is 240 g/mol. The van der Waals surface area contributed by atoms with Gasteiger partial charge in [0.25, 0.3) is 0 Å². The third-order valence-electron chi connectivity index (χ3n) is 3.34. The summed E-state index contributed by atoms with van der Waals surface area (Å²) in [6.45, 7) is 0.927. The number of nitrogens with one attached hydrogen (secondary N) is 3. The molecule has 19 heavy (non-hydrogen) atoms. The predicted molar refractivity (Wildman–Crippen MR) is 73.7 cm³/mol. The Kier molecular flexibility index (Phi) is 3.29. The van der Waals surface area contributed by atoms with Crippen molar-refractivity contribution in [1.29, 1.82) is 0 Å². The molecule has 98 valence electrons. The molecule has 1 fully saturated rings. The van der Waals surface area contributed by atoms with Gasteiger partial charge in [-0.2, -0.15) is 0 Å². The first kappa shape index (κ1) is 11.9. The molecule has 0 saturated carbocycles. The summed E-state index contributed by atoms with van der Waals surface area (Å²) >= 11 is 0. The molecule has 3 N–H and O–H groups in total. The Hall–Kier alpha value is -2.14. The van der Waals surface area contributed by atoms with Crippen molar-refractivity contribution in [2.45, 2.75) is 18.9 Å². The van der Waals surface area contributed by atoms with E-state index in [-0.39, 0.29) is 11.9 Å². The monoisotopic (exact) mass is 256 g/mol. The van der Waals surface area contributed by atoms with Crippen molar-refractivity contribution >= 4 is 11.6 Å². The number of aromatic nitrogens is 2. The average molecular weight is 256 g/mol. The van der Waals surface area contributed by atoms with Gasteiger partial charge in [-0.3, -0.25) is 4.79 Å². The minimum atomic E-state index is -0.0488. The van der Waals surface area contributed by atoms with Gasteiger partial charge in [0.1, 0.15) is 0 Å². The van der Waals surface area contributed by atoms with Crippen LogP contribution in [0.25, 0.3) is 11.3 Å². The van der Waals surface area contributed by atoms with Gasteiger partial charge in [-0.05, 0) is 37.1 Å². The van der Waals surface area contributed by atoms with E-state index in [0.717, 1.165) is 36.3 Å². The van der Waals surface area contributed by atoms with Crippen molar-refractivity contribution in [1.82, 2.24) is 15.3 Å². The first-order chi connectivity index (χ1) is 9.33. The molecule has 1 saturated heterocycles. The van der Waals surface area contributed by atoms with Gasteiger partial charge in [-0.15, -0.1) is 0 Å². The summed E-state index contributed by atoms with van der Waals surface area (Å²) in [7, 11) is 0. The fraction of sp³-hybridized carbons (Fsp3) is 0.286. The van der Waals surface area contributed by atoms with Gasteiger partial charge < -0.3 is 15.6 Å². The lowest BCUT2D eigenvalue weighted by Gasteiger charge is -2.11. The molecule has 0 bridgehead atoms. The molecule has 1 aliphatic rings. The highest BCUT2D eigenvalue weighted by Crippen LogP contribution is 2.19. The van der Waals surface area contributed by atoms with Crippen LogP contribution in [0, 0.1) is 0 Å². The zero-order valence-electron chi connectivity index (χ0n) is 10.5. The summed E-state index contributed by atoms with van der Waals surface area (Å²) in [5, 5.41) is 6.11. The topological polar surface area (TPSA) is 69.8 Å². The fourth-order valence-corrected chi connectivity index (χ4v) is 2.28. The Bertz CT molecular complexity index is 541. The number of amides is 1. The molecule has 2 aromatic rings. The summed E-state index contributed by atoms with van der Waals surface area (Å²) in [6, 6.07) is 7.69. The zero-order chi connectivity index (χ0) is 13.1. The van der Waals surface area contributed by atoms with Crippen molar-refractivity contribution in [2.75, 3.05) is 11.9 Å². The van der Waals surface area contributed by atoms with E-state index in [4.69, 9.17) is 0 Å². The number of rotatable bonds is 3. The Morgan fingerprint density at radius 3 is 2.79 bits per heavy atom. The predicted octanol–water partition coefficient (Wildman–Crippen LogP) is 1.77. The lowest BCUT2D eigenvalue weighted by atomic mass is 10.1. The molecule has 0 aliphatic carbocycles. The Morgan fingerprint density at radius 1 is 1.32 bits per heavy atom. The lowest BCUT2D eigenvalue weighted by Crippen LogP contribution is -2.35. The third kappa shape index (κ3) is 2.66. The van der Waals surface area contributed by atoms with Crippen LogP contribution in [-0.4, -0.2) is 28.5 Å². The van der Waals surface area contributed by atoms with E-state index in [9.17, 15) is 4.79 Å². The smallest absolute Gasteiger partial charge is 0.241 e. The fourth-order valence-electron chi connectivity index (χ4n) is 2.28. The number of carbonyl (C=O) groups is 1. The van der Waals surface area contributed by atoms with Crippen LogP contribution in [0.15, 0.2) is 36.8 Å². The SMILES string of the molecule is O=C(Nc1ccc(-c2cnc[nH]2)cc1)C1CCCN1. The van der Waals surface area contributed by atoms with Crippen molar-refractivity contribution in [3.63, 3.8) is 0 Å². The molecule has 2 heterocycles. The first-order valence-corrected chi connectivity index (χ1v) is 6.46. The van der Waals surface area contributed by atoms with E-state index in [1.807, 2.05) is 24.3 Å². The number of imidazole rings is 1. The maximum Gasteiger partial charge on any atom is 0.241 e. The average Bonchev–Trinajstić information content (AvgIpc) is 3.13. The van der Waals surface area contributed by atoms with Crippen molar-refractivity contribution in [3.8, 4) is 11.3 Å². The normalized spacial score (nSPS) is 18.4. The van der Waals surface area contributed by atoms with Crippen LogP contribution in [0.3, 0.4) is 0 Å². The lowest BCUT2D eigenvalue weighted by molar-refractivity contribution is -0.117. The molecule has 1 aromatic heterocycles. The summed E-state index contributed by atoms with van der Waals surface area (Å²) in [6.07, 6.45) is 5.40. The standard InChI is InChI=1S/C14H16N4O/c19-14(12-2-1-7-16-12)18-11-5-3-10(4-6-11)13-8-15-9-17-13/h3-6,8-9,12,16H,1-2,7H2,(H,15,17)(H,18,19). The molecule has 0 radical (unpaired) electrons. The van der Waals surface area contributed by atoms with Crippen molar-refractivity contribution in [3.05, 3.63) is 36.8 Å². The highest BCUT2D eigenvalue weighted by atomic mass is 16.2. The van der Waals surface area contributed by atoms with Crippen LogP contribution in [0.4, 0.5) is 5.69 Å². The van der Waals surface area contributed by atoms with E-state index >= 15 is 0 Å². The molecule has 1 amide bonds. The molecule has 1 aromatic carbocycles. The van der Waals surface area contributed by atoms with Gasteiger partial charge in [-0.25, -0.2) is 4.98 Å². The van der Waals surface area contributed by atoms with Crippen molar-refractivity contribution < 1.29 is 4.79 Å². The van der Waals surface area contributed by atoms with Gasteiger partial charge >= 0.3 is 0 Å². The molecule has 1 unspecified atom stereocenters. The van der Waals surface area contributed by atoms with Crippen LogP contribution in [0.2, 0.25) is 0 Å². The number of hydrogen-bond acceptors (Lipinski definition) is 3. The van der Waals surface area contributed by atoms with Crippen LogP contribution in [-0.2, 0) is 4.79 Å². The van der Waals surface area contributed by atoms with E-state index in [0.29, 0.717) is 0 Å². The van der Waals surface area contributed by atoms with Gasteiger partial charge in [0.15, 0.2) is 0 Å². The number of hydrogen-bond donors (Lipinski definition) is 3. The number of aromatic amines is 1. The van der Waals surface area contributed by atoms with Crippen LogP contribution < -0.4 is 10.6 Å². The van der Waals surface area contributed by atoms with Crippen molar-refractivity contribution in [2.24, 2.45) is 0 Å². The highest BCUT2D eigenvalue weighted by Gasteiger charge is 2.21. The minimum Gasteiger partial charge on any atom is -0.345 e. The van der Waals surface area contributed by atoms with Crippen LogP contribution in [0.5, 0.6) is 0 Å². The summed E-state index contributed by atoms with van der Waals surface area (Å²) in [5.74, 6) is 0.0480. The van der Waals surface area contributed by atoms with E-state index in [2.05, 4.69) is 20.6 Å². The van der Waals surface area contributed by atoms with Crippen LogP contribution in [0.1, 0.15) is 12.8 Å². The van der Waals surface area contributed by atoms with Gasteiger partial charge in [0.2, 0.25) is 5.91 Å².